The van der Waals surface area contributed by atoms with E-state index < -0.39 is 24.3 Å². The summed E-state index contributed by atoms with van der Waals surface area (Å²) >= 11 is 5.73. The van der Waals surface area contributed by atoms with E-state index >= 15 is 0 Å². The number of nitrogens with one attached hydrogen (secondary N) is 2. The molecule has 3 rings (SSSR count). The first-order valence-corrected chi connectivity index (χ1v) is 10.1. The fourth-order valence-electron chi connectivity index (χ4n) is 2.73. The van der Waals surface area contributed by atoms with E-state index in [-0.39, 0.29) is 28.7 Å². The molecule has 0 saturated heterocycles. The predicted octanol–water partition coefficient (Wildman–Crippen LogP) is 4.55. The largest absolute Gasteiger partial charge is 0.458 e. The van der Waals surface area contributed by atoms with E-state index in [0.29, 0.717) is 5.69 Å². The monoisotopic (exact) mass is 452 g/mol. The average molecular weight is 453 g/mol. The second-order valence-electron chi connectivity index (χ2n) is 6.78. The van der Waals surface area contributed by atoms with Gasteiger partial charge in [-0.05, 0) is 50.1 Å². The summed E-state index contributed by atoms with van der Waals surface area (Å²) in [6.07, 6.45) is 0. The molecule has 0 bridgehead atoms. The van der Waals surface area contributed by atoms with Crippen LogP contribution in [0.4, 0.5) is 10.1 Å². The van der Waals surface area contributed by atoms with E-state index in [1.54, 1.807) is 13.7 Å². The molecule has 162 valence electrons. The number of furan rings is 1. The van der Waals surface area contributed by atoms with Crippen molar-refractivity contribution in [2.24, 2.45) is 0 Å². The van der Waals surface area contributed by atoms with Crippen molar-refractivity contribution in [1.82, 2.24) is 5.48 Å². The van der Waals surface area contributed by atoms with Gasteiger partial charge in [0.15, 0.2) is 11.4 Å². The summed E-state index contributed by atoms with van der Waals surface area (Å²) in [5, 5.41) is 2.47. The number of anilines is 1. The molecule has 0 aliphatic heterocycles. The Kier molecular flexibility index (Phi) is 7.85. The topological polar surface area (TPSA) is 80.6 Å². The number of carbonyl (C=O) groups is 2. The van der Waals surface area contributed by atoms with Gasteiger partial charge in [0.25, 0.3) is 5.91 Å². The second-order valence-corrected chi connectivity index (χ2v) is 7.18. The van der Waals surface area contributed by atoms with Gasteiger partial charge >= 0.3 is 6.92 Å². The molecule has 9 heteroatoms. The van der Waals surface area contributed by atoms with Crippen molar-refractivity contribution in [3.05, 3.63) is 88.1 Å². The van der Waals surface area contributed by atoms with Gasteiger partial charge in [-0.2, -0.15) is 0 Å². The number of amides is 1. The quantitative estimate of drug-likeness (QED) is 0.238. The lowest BCUT2D eigenvalue weighted by Gasteiger charge is -2.06. The summed E-state index contributed by atoms with van der Waals surface area (Å²) in [5.41, 5.74) is 3.55. The Morgan fingerprint density at radius 3 is 2.66 bits per heavy atom. The molecule has 1 heterocycles. The Balaban J connectivity index is 1.56. The number of aryl methyl sites for hydroxylation is 1. The lowest BCUT2D eigenvalue weighted by molar-refractivity contribution is 0.0992. The van der Waals surface area contributed by atoms with E-state index in [0.717, 1.165) is 11.6 Å². The molecule has 0 aliphatic carbocycles. The smallest absolute Gasteiger partial charge is 0.401 e. The van der Waals surface area contributed by atoms with Crippen LogP contribution in [0.25, 0.3) is 0 Å². The van der Waals surface area contributed by atoms with Gasteiger partial charge in [-0.15, -0.1) is 0 Å². The maximum Gasteiger partial charge on any atom is 0.401 e. The van der Waals surface area contributed by atoms with Gasteiger partial charge < -0.3 is 14.5 Å². The average Bonchev–Trinajstić information content (AvgIpc) is 3.18. The first-order chi connectivity index (χ1) is 15.3. The molecule has 0 unspecified atom stereocenters. The molecular weight excluding hydrogens is 434 g/mol. The van der Waals surface area contributed by atoms with Crippen molar-refractivity contribution in [2.45, 2.75) is 13.7 Å². The fourth-order valence-corrected chi connectivity index (χ4v) is 2.91. The van der Waals surface area contributed by atoms with Gasteiger partial charge in [0.1, 0.15) is 11.6 Å². The Bertz CT molecular complexity index is 1190. The second kappa shape index (κ2) is 10.8. The highest BCUT2D eigenvalue weighted by molar-refractivity contribution is 6.87. The molecular formula is C23H19BClFN2O4. The Hall–Kier alpha value is -3.38. The normalized spacial score (nSPS) is 10.2. The number of hydrogen-bond acceptors (Lipinski definition) is 5. The zero-order valence-electron chi connectivity index (χ0n) is 17.4. The van der Waals surface area contributed by atoms with Crippen molar-refractivity contribution in [3.8, 4) is 11.8 Å². The summed E-state index contributed by atoms with van der Waals surface area (Å²) < 4.78 is 24.0. The third-order valence-corrected chi connectivity index (χ3v) is 4.67. The number of hydrogen-bond donors (Lipinski definition) is 2. The summed E-state index contributed by atoms with van der Waals surface area (Å²) in [4.78, 5) is 25.1. The van der Waals surface area contributed by atoms with Gasteiger partial charge in [-0.1, -0.05) is 41.6 Å². The molecule has 3 aromatic rings. The minimum Gasteiger partial charge on any atom is -0.458 e. The van der Waals surface area contributed by atoms with Gasteiger partial charge in [-0.3, -0.25) is 9.59 Å². The van der Waals surface area contributed by atoms with Crippen LogP contribution in [0.3, 0.4) is 0 Å². The lowest BCUT2D eigenvalue weighted by Crippen LogP contribution is -2.33. The molecule has 1 amide bonds. The van der Waals surface area contributed by atoms with Crippen LogP contribution in [0.15, 0.2) is 59.0 Å². The van der Waals surface area contributed by atoms with Crippen LogP contribution in [-0.2, 0) is 4.76 Å². The van der Waals surface area contributed by atoms with Gasteiger partial charge in [0, 0.05) is 11.3 Å². The van der Waals surface area contributed by atoms with E-state index in [4.69, 9.17) is 20.8 Å². The third kappa shape index (κ3) is 6.08. The van der Waals surface area contributed by atoms with Crippen molar-refractivity contribution in [2.75, 3.05) is 11.9 Å². The Labute approximate surface area is 190 Å². The SMILES string of the molecule is CB(ONCC#Cc1ccccc1)C(=O)c1cc(C(=O)Nc2ccc(F)c(Cl)c2)c(C)o1. The Morgan fingerprint density at radius 1 is 1.19 bits per heavy atom. The van der Waals surface area contributed by atoms with Crippen LogP contribution < -0.4 is 10.8 Å². The van der Waals surface area contributed by atoms with Crippen molar-refractivity contribution in [1.29, 1.82) is 0 Å². The van der Waals surface area contributed by atoms with Crippen LogP contribution in [0.2, 0.25) is 11.8 Å². The molecule has 0 radical (unpaired) electrons. The number of hydroxylamine groups is 1. The fraction of sp³-hybridized carbons (Fsp3) is 0.130. The number of rotatable bonds is 7. The van der Waals surface area contributed by atoms with E-state index in [9.17, 15) is 14.0 Å². The summed E-state index contributed by atoms with van der Waals surface area (Å²) in [7, 11) is 0. The van der Waals surface area contributed by atoms with Gasteiger partial charge in [0.2, 0.25) is 0 Å². The van der Waals surface area contributed by atoms with Crippen LogP contribution in [-0.4, -0.2) is 25.1 Å². The van der Waals surface area contributed by atoms with Crippen LogP contribution in [0, 0.1) is 24.6 Å². The maximum absolute atomic E-state index is 13.3. The summed E-state index contributed by atoms with van der Waals surface area (Å²) in [5.74, 6) is 4.98. The van der Waals surface area contributed by atoms with Crippen molar-refractivity contribution >= 4 is 35.8 Å². The Morgan fingerprint density at radius 2 is 1.94 bits per heavy atom. The number of carbonyl (C=O) groups excluding carboxylic acids is 2. The summed E-state index contributed by atoms with van der Waals surface area (Å²) in [6, 6.07) is 14.6. The van der Waals surface area contributed by atoms with Crippen LogP contribution in [0.5, 0.6) is 0 Å². The molecule has 0 fully saturated rings. The van der Waals surface area contributed by atoms with Gasteiger partial charge in [0.05, 0.1) is 17.1 Å². The molecule has 0 aliphatic rings. The molecule has 6 nitrogen and oxygen atoms in total. The first-order valence-electron chi connectivity index (χ1n) is 9.68. The van der Waals surface area contributed by atoms with E-state index in [2.05, 4.69) is 22.6 Å². The molecule has 2 aromatic carbocycles. The molecule has 0 saturated carbocycles. The van der Waals surface area contributed by atoms with Crippen molar-refractivity contribution in [3.63, 3.8) is 0 Å². The molecule has 2 N–H and O–H groups in total. The predicted molar refractivity (Wildman–Crippen MR) is 121 cm³/mol. The van der Waals surface area contributed by atoms with E-state index in [1.807, 2.05) is 30.3 Å². The lowest BCUT2D eigenvalue weighted by atomic mass is 9.65. The first kappa shape index (κ1) is 23.3. The highest BCUT2D eigenvalue weighted by atomic mass is 35.5. The minimum atomic E-state index is -0.870. The van der Waals surface area contributed by atoms with Gasteiger partial charge in [-0.25, -0.2) is 9.87 Å². The molecule has 1 aromatic heterocycles. The van der Waals surface area contributed by atoms with Crippen LogP contribution >= 0.6 is 11.6 Å². The van der Waals surface area contributed by atoms with Crippen LogP contribution in [0.1, 0.15) is 32.2 Å². The molecule has 0 spiro atoms. The van der Waals surface area contributed by atoms with E-state index in [1.165, 1.54) is 18.2 Å². The number of halogens is 2. The standard InChI is InChI=1S/C23H19BClFN2O4/c1-15-18(23(30)28-17-10-11-20(26)19(25)13-17)14-21(31-15)22(29)24(2)32-27-12-6-9-16-7-4-3-5-8-16/h3-5,7-8,10-11,13-14,27H,12H2,1-2H3,(H,28,30). The number of benzene rings is 2. The molecule has 0 atom stereocenters. The zero-order valence-corrected chi connectivity index (χ0v) is 18.1. The molecule has 32 heavy (non-hydrogen) atoms. The summed E-state index contributed by atoms with van der Waals surface area (Å²) in [6.45, 7) is 2.47. The highest BCUT2D eigenvalue weighted by Gasteiger charge is 2.27. The third-order valence-electron chi connectivity index (χ3n) is 4.38. The highest BCUT2D eigenvalue weighted by Crippen LogP contribution is 2.22. The zero-order chi connectivity index (χ0) is 23.1. The minimum absolute atomic E-state index is 0.0190. The van der Waals surface area contributed by atoms with Crippen molar-refractivity contribution < 1.29 is 23.2 Å². The maximum atomic E-state index is 13.3.